The summed E-state index contributed by atoms with van der Waals surface area (Å²) in [7, 11) is 0. The maximum atomic E-state index is 14.4. The maximum Gasteiger partial charge on any atom is 0.218 e. The fraction of sp³-hybridized carbons (Fsp3) is 0.571. The van der Waals surface area contributed by atoms with Crippen LogP contribution in [0.4, 0.5) is 8.78 Å². The van der Waals surface area contributed by atoms with E-state index in [-0.39, 0.29) is 36.3 Å². The smallest absolute Gasteiger partial charge is 0.218 e. The summed E-state index contributed by atoms with van der Waals surface area (Å²) < 4.78 is 34.6. The van der Waals surface area contributed by atoms with Gasteiger partial charge in [0.25, 0.3) is 0 Å². The number of alkyl halides is 1. The molecule has 1 aromatic heterocycles. The van der Waals surface area contributed by atoms with Crippen molar-refractivity contribution in [3.05, 3.63) is 58.5 Å². The van der Waals surface area contributed by atoms with Crippen LogP contribution in [0.2, 0.25) is 0 Å². The van der Waals surface area contributed by atoms with E-state index >= 15 is 0 Å². The summed E-state index contributed by atoms with van der Waals surface area (Å²) in [4.78, 5) is 16.1. The summed E-state index contributed by atoms with van der Waals surface area (Å²) in [5.41, 5.74) is 1.38. The van der Waals surface area contributed by atoms with Gasteiger partial charge in [-0.05, 0) is 75.3 Å². The van der Waals surface area contributed by atoms with Crippen molar-refractivity contribution in [3.8, 4) is 5.88 Å². The van der Waals surface area contributed by atoms with E-state index in [2.05, 4.69) is 15.6 Å². The van der Waals surface area contributed by atoms with Crippen LogP contribution in [-0.2, 0) is 17.6 Å². The molecule has 8 heteroatoms. The Morgan fingerprint density at radius 3 is 2.67 bits per heavy atom. The lowest BCUT2D eigenvalue weighted by atomic mass is 9.73. The number of benzene rings is 1. The molecule has 2 heterocycles. The Labute approximate surface area is 211 Å². The lowest BCUT2D eigenvalue weighted by Gasteiger charge is -2.48. The van der Waals surface area contributed by atoms with Crippen molar-refractivity contribution in [1.29, 1.82) is 0 Å². The van der Waals surface area contributed by atoms with Gasteiger partial charge in [0.15, 0.2) is 0 Å². The fourth-order valence-electron chi connectivity index (χ4n) is 5.23. The molecule has 1 saturated carbocycles. The summed E-state index contributed by atoms with van der Waals surface area (Å²) in [5, 5.41) is 17.4. The van der Waals surface area contributed by atoms with Crippen LogP contribution in [-0.4, -0.2) is 46.0 Å². The number of nitrogens with zero attached hydrogens (tertiary/aromatic N) is 1. The number of amides is 1. The largest absolute Gasteiger partial charge is 0.471 e. The zero-order chi connectivity index (χ0) is 26.1. The van der Waals surface area contributed by atoms with Gasteiger partial charge in [-0.3, -0.25) is 4.79 Å². The first kappa shape index (κ1) is 26.5. The minimum absolute atomic E-state index is 0.0860. The predicted molar refractivity (Wildman–Crippen MR) is 134 cm³/mol. The van der Waals surface area contributed by atoms with Crippen molar-refractivity contribution < 1.29 is 23.4 Å². The topological polar surface area (TPSA) is 83.5 Å². The number of aromatic nitrogens is 1. The normalized spacial score (nSPS) is 20.1. The van der Waals surface area contributed by atoms with Crippen LogP contribution in [0.25, 0.3) is 0 Å². The second kappa shape index (κ2) is 10.4. The number of hydrogen-bond donors (Lipinski definition) is 3. The molecule has 1 aliphatic heterocycles. The van der Waals surface area contributed by atoms with Gasteiger partial charge in [0, 0.05) is 50.2 Å². The molecule has 2 aliphatic rings. The summed E-state index contributed by atoms with van der Waals surface area (Å²) >= 11 is 0. The van der Waals surface area contributed by atoms with Gasteiger partial charge >= 0.3 is 0 Å². The van der Waals surface area contributed by atoms with E-state index in [9.17, 15) is 18.7 Å². The monoisotopic (exact) mass is 501 g/mol. The van der Waals surface area contributed by atoms with Gasteiger partial charge in [-0.1, -0.05) is 12.1 Å². The van der Waals surface area contributed by atoms with E-state index in [4.69, 9.17) is 4.74 Å². The molecule has 4 rings (SSSR count). The average Bonchev–Trinajstić information content (AvgIpc) is 2.77. The molecule has 1 unspecified atom stereocenters. The number of rotatable bonds is 9. The standard InChI is InChI=1S/C28H37F2N3O3/c1-17-10-19(6-7-22(17)29)12-23(25(35)16-31-18(2)34)33-24-14-28(8-5-9-28)36-26-21(24)11-20(15-32-26)13-27(3,4)30/h6-7,10-11,15,23-25,33,35H,5,8-9,12-14,16H2,1-4H3,(H,31,34)/t23?,24-,25+/m0/s1. The number of fused-ring (bicyclic) bond motifs is 1. The van der Waals surface area contributed by atoms with Gasteiger partial charge in [0.2, 0.25) is 11.8 Å². The number of hydrogen-bond acceptors (Lipinski definition) is 5. The van der Waals surface area contributed by atoms with Crippen molar-refractivity contribution in [2.24, 2.45) is 0 Å². The number of nitrogens with one attached hydrogen (secondary N) is 2. The lowest BCUT2D eigenvalue weighted by molar-refractivity contribution is -0.119. The zero-order valence-corrected chi connectivity index (χ0v) is 21.5. The Hall–Kier alpha value is -2.58. The predicted octanol–water partition coefficient (Wildman–Crippen LogP) is 4.26. The molecule has 196 valence electrons. The summed E-state index contributed by atoms with van der Waals surface area (Å²) in [6.07, 6.45) is 5.11. The number of ether oxygens (including phenoxy) is 1. The van der Waals surface area contributed by atoms with Gasteiger partial charge in [0.05, 0.1) is 6.10 Å². The van der Waals surface area contributed by atoms with Crippen molar-refractivity contribution in [3.63, 3.8) is 0 Å². The van der Waals surface area contributed by atoms with Crippen LogP contribution in [0, 0.1) is 12.7 Å². The van der Waals surface area contributed by atoms with E-state index in [1.54, 1.807) is 39.1 Å². The van der Waals surface area contributed by atoms with Crippen molar-refractivity contribution >= 4 is 5.91 Å². The molecule has 1 spiro atoms. The van der Waals surface area contributed by atoms with Gasteiger partial charge in [-0.25, -0.2) is 13.8 Å². The third kappa shape index (κ3) is 6.40. The highest BCUT2D eigenvalue weighted by Crippen LogP contribution is 2.48. The van der Waals surface area contributed by atoms with Crippen LogP contribution in [0.15, 0.2) is 30.5 Å². The summed E-state index contributed by atoms with van der Waals surface area (Å²) in [5.74, 6) is 0.0475. The summed E-state index contributed by atoms with van der Waals surface area (Å²) in [6, 6.07) is 6.27. The lowest BCUT2D eigenvalue weighted by Crippen LogP contribution is -2.53. The Morgan fingerprint density at radius 2 is 2.06 bits per heavy atom. The molecule has 6 nitrogen and oxygen atoms in total. The molecule has 1 amide bonds. The molecular formula is C28H37F2N3O3. The van der Waals surface area contributed by atoms with E-state index in [0.717, 1.165) is 36.0 Å². The SMILES string of the molecule is CC(=O)NC[C@@H](O)C(Cc1ccc(F)c(C)c1)N[C@H]1CC2(CCC2)Oc2ncc(CC(C)(C)F)cc21. The fourth-order valence-corrected chi connectivity index (χ4v) is 5.23. The van der Waals surface area contributed by atoms with Crippen molar-refractivity contribution in [1.82, 2.24) is 15.6 Å². The molecule has 0 bridgehead atoms. The first-order valence-electron chi connectivity index (χ1n) is 12.7. The van der Waals surface area contributed by atoms with Gasteiger partial charge in [0.1, 0.15) is 17.1 Å². The van der Waals surface area contributed by atoms with Gasteiger partial charge in [-0.2, -0.15) is 0 Å². The number of carbonyl (C=O) groups excluding carboxylic acids is 1. The Kier molecular flexibility index (Phi) is 7.67. The van der Waals surface area contributed by atoms with E-state index in [1.807, 2.05) is 6.07 Å². The second-order valence-electron chi connectivity index (χ2n) is 11.1. The highest BCUT2D eigenvalue weighted by Gasteiger charge is 2.47. The number of aryl methyl sites for hydroxylation is 1. The molecule has 0 saturated heterocycles. The van der Waals surface area contributed by atoms with Crippen molar-refractivity contribution in [2.75, 3.05) is 6.54 Å². The molecule has 1 aromatic carbocycles. The van der Waals surface area contributed by atoms with Crippen LogP contribution >= 0.6 is 0 Å². The number of aliphatic hydroxyl groups excluding tert-OH is 1. The molecule has 0 radical (unpaired) electrons. The van der Waals surface area contributed by atoms with Gasteiger partial charge in [-0.15, -0.1) is 0 Å². The molecular weight excluding hydrogens is 464 g/mol. The molecule has 3 N–H and O–H groups in total. The van der Waals surface area contributed by atoms with Crippen LogP contribution < -0.4 is 15.4 Å². The molecule has 3 atom stereocenters. The Bertz CT molecular complexity index is 1100. The third-order valence-electron chi connectivity index (χ3n) is 7.21. The minimum Gasteiger partial charge on any atom is -0.471 e. The van der Waals surface area contributed by atoms with Crippen molar-refractivity contribution in [2.45, 2.75) is 95.7 Å². The second-order valence-corrected chi connectivity index (χ2v) is 11.1. The van der Waals surface area contributed by atoms with Crippen LogP contribution in [0.3, 0.4) is 0 Å². The molecule has 2 aromatic rings. The Balaban J connectivity index is 1.64. The zero-order valence-electron chi connectivity index (χ0n) is 21.5. The molecule has 1 fully saturated rings. The van der Waals surface area contributed by atoms with Gasteiger partial charge < -0.3 is 20.5 Å². The molecule has 36 heavy (non-hydrogen) atoms. The minimum atomic E-state index is -1.37. The summed E-state index contributed by atoms with van der Waals surface area (Å²) in [6.45, 7) is 6.29. The first-order chi connectivity index (χ1) is 16.9. The quantitative estimate of drug-likeness (QED) is 0.478. The first-order valence-corrected chi connectivity index (χ1v) is 12.7. The molecule has 1 aliphatic carbocycles. The van der Waals surface area contributed by atoms with E-state index in [0.29, 0.717) is 24.3 Å². The van der Waals surface area contributed by atoms with Crippen LogP contribution in [0.5, 0.6) is 5.88 Å². The maximum absolute atomic E-state index is 14.4. The van der Waals surface area contributed by atoms with Crippen LogP contribution in [0.1, 0.15) is 74.8 Å². The highest BCUT2D eigenvalue weighted by atomic mass is 19.1. The average molecular weight is 502 g/mol. The number of halogens is 2. The third-order valence-corrected chi connectivity index (χ3v) is 7.21. The highest BCUT2D eigenvalue weighted by molar-refractivity contribution is 5.72. The number of carbonyl (C=O) groups is 1. The Morgan fingerprint density at radius 1 is 1.31 bits per heavy atom. The van der Waals surface area contributed by atoms with E-state index in [1.165, 1.54) is 13.0 Å². The number of aliphatic hydroxyl groups is 1. The number of pyridine rings is 1. The van der Waals surface area contributed by atoms with E-state index < -0.39 is 17.8 Å².